The number of aliphatic hydroxyl groups is 1. The van der Waals surface area contributed by atoms with Crippen molar-refractivity contribution in [1.82, 2.24) is 4.90 Å². The normalized spacial score (nSPS) is 35.8. The highest BCUT2D eigenvalue weighted by atomic mass is 32.2. The van der Waals surface area contributed by atoms with Crippen LogP contribution < -0.4 is 0 Å². The van der Waals surface area contributed by atoms with Gasteiger partial charge in [-0.15, -0.1) is 0 Å². The first-order valence-corrected chi connectivity index (χ1v) is 7.00. The van der Waals surface area contributed by atoms with Gasteiger partial charge in [0.2, 0.25) is 0 Å². The second-order valence-corrected chi connectivity index (χ2v) is 5.75. The first-order valence-electron chi connectivity index (χ1n) is 5.84. The van der Waals surface area contributed by atoms with Gasteiger partial charge in [-0.3, -0.25) is 0 Å². The van der Waals surface area contributed by atoms with Crippen LogP contribution in [0.3, 0.4) is 0 Å². The molecule has 2 unspecified atom stereocenters. The molecular formula is C11H21NOS. The van der Waals surface area contributed by atoms with Crippen molar-refractivity contribution in [2.75, 3.05) is 31.1 Å². The summed E-state index contributed by atoms with van der Waals surface area (Å²) in [6, 6.07) is 0. The van der Waals surface area contributed by atoms with Gasteiger partial charge in [0, 0.05) is 31.1 Å². The van der Waals surface area contributed by atoms with E-state index >= 15 is 0 Å². The van der Waals surface area contributed by atoms with Gasteiger partial charge in [0.1, 0.15) is 0 Å². The van der Waals surface area contributed by atoms with E-state index in [4.69, 9.17) is 0 Å². The fraction of sp³-hybridized carbons (Fsp3) is 1.00. The predicted molar refractivity (Wildman–Crippen MR) is 61.7 cm³/mol. The van der Waals surface area contributed by atoms with Gasteiger partial charge in [-0.2, -0.15) is 11.8 Å². The van der Waals surface area contributed by atoms with Gasteiger partial charge >= 0.3 is 0 Å². The molecule has 1 aliphatic heterocycles. The van der Waals surface area contributed by atoms with Crippen molar-refractivity contribution in [1.29, 1.82) is 0 Å². The molecule has 2 atom stereocenters. The number of aliphatic hydroxyl groups excluding tert-OH is 1. The van der Waals surface area contributed by atoms with E-state index in [-0.39, 0.29) is 6.10 Å². The second kappa shape index (κ2) is 5.38. The van der Waals surface area contributed by atoms with E-state index in [2.05, 4.69) is 16.7 Å². The molecule has 0 aromatic heterocycles. The number of nitrogens with zero attached hydrogens (tertiary/aromatic N) is 1. The molecule has 0 aromatic carbocycles. The summed E-state index contributed by atoms with van der Waals surface area (Å²) in [5.74, 6) is 3.12. The van der Waals surface area contributed by atoms with Crippen molar-refractivity contribution in [3.63, 3.8) is 0 Å². The van der Waals surface area contributed by atoms with Crippen molar-refractivity contribution in [3.8, 4) is 0 Å². The third-order valence-electron chi connectivity index (χ3n) is 3.47. The molecule has 1 saturated heterocycles. The van der Waals surface area contributed by atoms with Crippen molar-refractivity contribution in [3.05, 3.63) is 0 Å². The molecule has 0 radical (unpaired) electrons. The Morgan fingerprint density at radius 3 is 2.57 bits per heavy atom. The highest BCUT2D eigenvalue weighted by Gasteiger charge is 2.25. The molecule has 1 heterocycles. The molecule has 2 nitrogen and oxygen atoms in total. The molecule has 0 bridgehead atoms. The Labute approximate surface area is 91.1 Å². The van der Waals surface area contributed by atoms with Gasteiger partial charge in [-0.25, -0.2) is 0 Å². The Kier molecular flexibility index (Phi) is 4.14. The molecule has 1 aliphatic carbocycles. The van der Waals surface area contributed by atoms with Crippen LogP contribution >= 0.6 is 11.8 Å². The van der Waals surface area contributed by atoms with Gasteiger partial charge in [-0.1, -0.05) is 12.8 Å². The standard InChI is InChI=1S/C11H21NOS/c13-11-4-2-1-3-10(11)9-12-5-7-14-8-6-12/h10-11,13H,1-9H2. The average molecular weight is 215 g/mol. The second-order valence-electron chi connectivity index (χ2n) is 4.52. The smallest absolute Gasteiger partial charge is 0.0580 e. The van der Waals surface area contributed by atoms with Gasteiger partial charge < -0.3 is 10.0 Å². The van der Waals surface area contributed by atoms with Crippen molar-refractivity contribution in [2.24, 2.45) is 5.92 Å². The van der Waals surface area contributed by atoms with Crippen LogP contribution in [0.5, 0.6) is 0 Å². The minimum Gasteiger partial charge on any atom is -0.393 e. The van der Waals surface area contributed by atoms with Crippen LogP contribution in [0.4, 0.5) is 0 Å². The summed E-state index contributed by atoms with van der Waals surface area (Å²) in [6.07, 6.45) is 4.81. The minimum atomic E-state index is -0.0154. The highest BCUT2D eigenvalue weighted by Crippen LogP contribution is 2.25. The van der Waals surface area contributed by atoms with Crippen LogP contribution in [-0.2, 0) is 0 Å². The summed E-state index contributed by atoms with van der Waals surface area (Å²) in [5, 5.41) is 9.87. The maximum absolute atomic E-state index is 9.87. The van der Waals surface area contributed by atoms with Crippen molar-refractivity contribution >= 4 is 11.8 Å². The quantitative estimate of drug-likeness (QED) is 0.756. The maximum atomic E-state index is 9.87. The SMILES string of the molecule is OC1CCCCC1CN1CCSCC1. The van der Waals surface area contributed by atoms with E-state index in [1.165, 1.54) is 43.9 Å². The molecule has 3 heteroatoms. The van der Waals surface area contributed by atoms with Crippen LogP contribution in [0.25, 0.3) is 0 Å². The molecule has 2 aliphatic rings. The Morgan fingerprint density at radius 1 is 1.14 bits per heavy atom. The number of rotatable bonds is 2. The van der Waals surface area contributed by atoms with E-state index in [9.17, 15) is 5.11 Å². The van der Waals surface area contributed by atoms with Gasteiger partial charge in [0.25, 0.3) is 0 Å². The third-order valence-corrected chi connectivity index (χ3v) is 4.41. The lowest BCUT2D eigenvalue weighted by Crippen LogP contribution is -2.40. The van der Waals surface area contributed by atoms with Crippen LogP contribution in [0, 0.1) is 5.92 Å². The van der Waals surface area contributed by atoms with Crippen LogP contribution in [-0.4, -0.2) is 47.3 Å². The van der Waals surface area contributed by atoms with Crippen molar-refractivity contribution < 1.29 is 5.11 Å². The Hall–Kier alpha value is 0.270. The number of hydrogen-bond acceptors (Lipinski definition) is 3. The largest absolute Gasteiger partial charge is 0.393 e. The minimum absolute atomic E-state index is 0.0154. The van der Waals surface area contributed by atoms with E-state index in [1.54, 1.807) is 0 Å². The van der Waals surface area contributed by atoms with E-state index in [0.29, 0.717) is 5.92 Å². The van der Waals surface area contributed by atoms with Crippen LogP contribution in [0.15, 0.2) is 0 Å². The van der Waals surface area contributed by atoms with E-state index in [0.717, 1.165) is 13.0 Å². The summed E-state index contributed by atoms with van der Waals surface area (Å²) < 4.78 is 0. The Balaban J connectivity index is 1.76. The lowest BCUT2D eigenvalue weighted by Gasteiger charge is -2.34. The molecule has 2 rings (SSSR count). The Morgan fingerprint density at radius 2 is 1.86 bits per heavy atom. The zero-order chi connectivity index (χ0) is 9.80. The van der Waals surface area contributed by atoms with E-state index in [1.807, 2.05) is 0 Å². The third kappa shape index (κ3) is 2.88. The molecule has 14 heavy (non-hydrogen) atoms. The summed E-state index contributed by atoms with van der Waals surface area (Å²) in [4.78, 5) is 2.54. The number of hydrogen-bond donors (Lipinski definition) is 1. The molecule has 0 amide bonds. The average Bonchev–Trinajstić information content (AvgIpc) is 2.23. The molecule has 0 aromatic rings. The molecule has 1 N–H and O–H groups in total. The fourth-order valence-electron chi connectivity index (χ4n) is 2.52. The first kappa shape index (κ1) is 10.8. The lowest BCUT2D eigenvalue weighted by molar-refractivity contribution is 0.0485. The summed E-state index contributed by atoms with van der Waals surface area (Å²) in [5.41, 5.74) is 0. The van der Waals surface area contributed by atoms with Crippen LogP contribution in [0.1, 0.15) is 25.7 Å². The lowest BCUT2D eigenvalue weighted by atomic mass is 9.86. The number of thioether (sulfide) groups is 1. The van der Waals surface area contributed by atoms with Gasteiger partial charge in [0.05, 0.1) is 6.10 Å². The fourth-order valence-corrected chi connectivity index (χ4v) is 3.50. The van der Waals surface area contributed by atoms with Gasteiger partial charge in [-0.05, 0) is 18.8 Å². The molecule has 2 fully saturated rings. The monoisotopic (exact) mass is 215 g/mol. The Bertz CT molecular complexity index is 171. The van der Waals surface area contributed by atoms with Crippen LogP contribution in [0.2, 0.25) is 0 Å². The van der Waals surface area contributed by atoms with E-state index < -0.39 is 0 Å². The zero-order valence-corrected chi connectivity index (χ0v) is 9.64. The van der Waals surface area contributed by atoms with Gasteiger partial charge in [0.15, 0.2) is 0 Å². The first-order chi connectivity index (χ1) is 6.86. The summed E-state index contributed by atoms with van der Waals surface area (Å²) in [6.45, 7) is 3.60. The molecule has 0 spiro atoms. The highest BCUT2D eigenvalue weighted by molar-refractivity contribution is 7.99. The summed E-state index contributed by atoms with van der Waals surface area (Å²) in [7, 11) is 0. The molecular weight excluding hydrogens is 194 g/mol. The van der Waals surface area contributed by atoms with Crippen molar-refractivity contribution in [2.45, 2.75) is 31.8 Å². The topological polar surface area (TPSA) is 23.5 Å². The maximum Gasteiger partial charge on any atom is 0.0580 e. The summed E-state index contributed by atoms with van der Waals surface area (Å²) >= 11 is 2.06. The zero-order valence-electron chi connectivity index (χ0n) is 8.82. The molecule has 82 valence electrons. The molecule has 1 saturated carbocycles. The predicted octanol–water partition coefficient (Wildman–Crippen LogP) is 1.59.